The molecule has 0 spiro atoms. The number of nitrogens with zero attached hydrogens (tertiary/aromatic N) is 1. The number of hydrazine groups is 1. The van der Waals surface area contributed by atoms with Gasteiger partial charge in [-0.3, -0.25) is 11.3 Å². The van der Waals surface area contributed by atoms with E-state index in [1.165, 1.54) is 10.7 Å². The highest BCUT2D eigenvalue weighted by Gasteiger charge is 2.18. The van der Waals surface area contributed by atoms with Gasteiger partial charge in [-0.2, -0.15) is 0 Å². The first-order valence-electron chi connectivity index (χ1n) is 5.38. The number of aromatic nitrogens is 1. The average Bonchev–Trinajstić information content (AvgIpc) is 2.61. The summed E-state index contributed by atoms with van der Waals surface area (Å²) >= 11 is 1.73. The zero-order valence-corrected chi connectivity index (χ0v) is 10.8. The van der Waals surface area contributed by atoms with E-state index in [2.05, 4.69) is 43.5 Å². The fourth-order valence-electron chi connectivity index (χ4n) is 1.28. The maximum atomic E-state index is 5.45. The molecular formula is C11H21N3S. The summed E-state index contributed by atoms with van der Waals surface area (Å²) in [7, 11) is 0. The summed E-state index contributed by atoms with van der Waals surface area (Å²) in [5.74, 6) is 5.45. The van der Waals surface area contributed by atoms with Gasteiger partial charge in [0.2, 0.25) is 0 Å². The summed E-state index contributed by atoms with van der Waals surface area (Å²) in [5.41, 5.74) is 4.14. The molecule has 0 aliphatic carbocycles. The largest absolute Gasteiger partial charge is 0.271 e. The van der Waals surface area contributed by atoms with E-state index < -0.39 is 0 Å². The Labute approximate surface area is 96.1 Å². The normalized spacial score (nSPS) is 14.2. The molecule has 1 aromatic heterocycles. The quantitative estimate of drug-likeness (QED) is 0.612. The van der Waals surface area contributed by atoms with Crippen LogP contribution in [0.5, 0.6) is 0 Å². The first-order valence-corrected chi connectivity index (χ1v) is 6.26. The van der Waals surface area contributed by atoms with E-state index in [4.69, 9.17) is 5.84 Å². The average molecular weight is 227 g/mol. The molecule has 0 aromatic carbocycles. The van der Waals surface area contributed by atoms with E-state index in [1.54, 1.807) is 11.3 Å². The van der Waals surface area contributed by atoms with Crippen LogP contribution in [0.25, 0.3) is 0 Å². The Morgan fingerprint density at radius 2 is 2.20 bits per heavy atom. The van der Waals surface area contributed by atoms with Crippen molar-refractivity contribution in [2.75, 3.05) is 0 Å². The highest BCUT2D eigenvalue weighted by molar-refractivity contribution is 7.09. The molecule has 3 N–H and O–H groups in total. The summed E-state index contributed by atoms with van der Waals surface area (Å²) in [5, 5.41) is 3.32. The lowest BCUT2D eigenvalue weighted by molar-refractivity contribution is 0.506. The molecule has 0 fully saturated rings. The van der Waals surface area contributed by atoms with Crippen LogP contribution in [-0.2, 0) is 11.8 Å². The molecule has 0 saturated carbocycles. The molecule has 1 heterocycles. The number of nitrogens with two attached hydrogens (primary N) is 1. The van der Waals surface area contributed by atoms with Crippen molar-refractivity contribution >= 4 is 11.3 Å². The third-order valence-electron chi connectivity index (χ3n) is 2.47. The fourth-order valence-corrected chi connectivity index (χ4v) is 2.38. The van der Waals surface area contributed by atoms with Crippen LogP contribution in [0.2, 0.25) is 0 Å². The zero-order valence-electron chi connectivity index (χ0n) is 10.0. The van der Waals surface area contributed by atoms with Gasteiger partial charge in [-0.05, 0) is 6.42 Å². The Kier molecular flexibility index (Phi) is 4.25. The van der Waals surface area contributed by atoms with Gasteiger partial charge in [-0.25, -0.2) is 4.98 Å². The maximum Gasteiger partial charge on any atom is 0.0944 e. The van der Waals surface area contributed by atoms with E-state index in [9.17, 15) is 0 Å². The maximum absolute atomic E-state index is 5.45. The monoisotopic (exact) mass is 227 g/mol. The molecule has 0 aliphatic heterocycles. The number of hydrogen-bond acceptors (Lipinski definition) is 4. The topological polar surface area (TPSA) is 50.9 Å². The fraction of sp³-hybridized carbons (Fsp3) is 0.727. The highest BCUT2D eigenvalue weighted by Crippen LogP contribution is 2.24. The van der Waals surface area contributed by atoms with Crippen molar-refractivity contribution < 1.29 is 0 Å². The van der Waals surface area contributed by atoms with E-state index in [-0.39, 0.29) is 5.41 Å². The van der Waals surface area contributed by atoms with Crippen molar-refractivity contribution in [2.24, 2.45) is 5.84 Å². The van der Waals surface area contributed by atoms with Crippen LogP contribution < -0.4 is 11.3 Å². The molecule has 0 radical (unpaired) electrons. The van der Waals surface area contributed by atoms with Gasteiger partial charge in [-0.15, -0.1) is 11.3 Å². The second-order valence-corrected chi connectivity index (χ2v) is 5.80. The van der Waals surface area contributed by atoms with Gasteiger partial charge < -0.3 is 0 Å². The van der Waals surface area contributed by atoms with Crippen molar-refractivity contribution in [3.05, 3.63) is 16.1 Å². The van der Waals surface area contributed by atoms with Crippen molar-refractivity contribution in [1.82, 2.24) is 10.4 Å². The number of rotatable bonds is 4. The van der Waals surface area contributed by atoms with Gasteiger partial charge >= 0.3 is 0 Å². The second kappa shape index (κ2) is 5.05. The molecule has 1 aromatic rings. The van der Waals surface area contributed by atoms with Crippen molar-refractivity contribution in [3.63, 3.8) is 0 Å². The molecule has 0 bridgehead atoms. The van der Waals surface area contributed by atoms with Crippen molar-refractivity contribution in [2.45, 2.75) is 52.0 Å². The van der Waals surface area contributed by atoms with Crippen LogP contribution in [0.1, 0.15) is 44.8 Å². The Morgan fingerprint density at radius 1 is 1.53 bits per heavy atom. The Hall–Kier alpha value is -0.450. The zero-order chi connectivity index (χ0) is 11.5. The first-order chi connectivity index (χ1) is 6.97. The summed E-state index contributed by atoms with van der Waals surface area (Å²) < 4.78 is 0. The van der Waals surface area contributed by atoms with Crippen LogP contribution in [0, 0.1) is 0 Å². The Balaban J connectivity index is 2.68. The lowest BCUT2D eigenvalue weighted by Gasteiger charge is -2.14. The Morgan fingerprint density at radius 3 is 2.60 bits per heavy atom. The SMILES string of the molecule is CCC(Cc1nc(C(C)(C)C)cs1)NN. The third-order valence-corrected chi connectivity index (χ3v) is 3.34. The summed E-state index contributed by atoms with van der Waals surface area (Å²) in [4.78, 5) is 4.64. The number of nitrogens with one attached hydrogen (secondary N) is 1. The van der Waals surface area contributed by atoms with Crippen LogP contribution in [0.3, 0.4) is 0 Å². The Bertz CT molecular complexity index is 297. The minimum atomic E-state index is 0.145. The minimum absolute atomic E-state index is 0.145. The molecule has 86 valence electrons. The minimum Gasteiger partial charge on any atom is -0.271 e. The molecule has 15 heavy (non-hydrogen) atoms. The molecule has 1 atom stereocenters. The highest BCUT2D eigenvalue weighted by atomic mass is 32.1. The second-order valence-electron chi connectivity index (χ2n) is 4.85. The van der Waals surface area contributed by atoms with Gasteiger partial charge in [-0.1, -0.05) is 27.7 Å². The molecule has 3 nitrogen and oxygen atoms in total. The van der Waals surface area contributed by atoms with E-state index in [0.717, 1.165) is 12.8 Å². The lowest BCUT2D eigenvalue weighted by atomic mass is 9.93. The van der Waals surface area contributed by atoms with E-state index in [0.29, 0.717) is 6.04 Å². The van der Waals surface area contributed by atoms with Gasteiger partial charge in [0.1, 0.15) is 0 Å². The van der Waals surface area contributed by atoms with Crippen LogP contribution >= 0.6 is 11.3 Å². The number of hydrogen-bond donors (Lipinski definition) is 2. The molecule has 0 saturated heterocycles. The molecule has 0 aliphatic rings. The summed E-state index contributed by atoms with van der Waals surface area (Å²) in [6, 6.07) is 0.337. The summed E-state index contributed by atoms with van der Waals surface area (Å²) in [6.07, 6.45) is 1.95. The van der Waals surface area contributed by atoms with Crippen molar-refractivity contribution in [1.29, 1.82) is 0 Å². The van der Waals surface area contributed by atoms with E-state index in [1.807, 2.05) is 0 Å². The predicted molar refractivity (Wildman–Crippen MR) is 65.9 cm³/mol. The molecular weight excluding hydrogens is 206 g/mol. The van der Waals surface area contributed by atoms with Crippen molar-refractivity contribution in [3.8, 4) is 0 Å². The van der Waals surface area contributed by atoms with Crippen LogP contribution in [0.4, 0.5) is 0 Å². The van der Waals surface area contributed by atoms with Gasteiger partial charge in [0.15, 0.2) is 0 Å². The number of thiazole rings is 1. The molecule has 0 amide bonds. The van der Waals surface area contributed by atoms with Gasteiger partial charge in [0.05, 0.1) is 10.7 Å². The molecule has 1 rings (SSSR count). The van der Waals surface area contributed by atoms with Gasteiger partial charge in [0, 0.05) is 23.3 Å². The molecule has 4 heteroatoms. The smallest absolute Gasteiger partial charge is 0.0944 e. The predicted octanol–water partition coefficient (Wildman–Crippen LogP) is 2.23. The van der Waals surface area contributed by atoms with E-state index >= 15 is 0 Å². The molecule has 1 unspecified atom stereocenters. The first kappa shape index (κ1) is 12.6. The van der Waals surface area contributed by atoms with Gasteiger partial charge in [0.25, 0.3) is 0 Å². The standard InChI is InChI=1S/C11H21N3S/c1-5-8(14-12)6-10-13-9(7-15-10)11(2,3)4/h7-8,14H,5-6,12H2,1-4H3. The lowest BCUT2D eigenvalue weighted by Crippen LogP contribution is -2.36. The van der Waals surface area contributed by atoms with Crippen LogP contribution in [-0.4, -0.2) is 11.0 Å². The third kappa shape index (κ3) is 3.55. The van der Waals surface area contributed by atoms with Crippen LogP contribution in [0.15, 0.2) is 5.38 Å². The summed E-state index contributed by atoms with van der Waals surface area (Å²) in [6.45, 7) is 8.68.